The maximum absolute atomic E-state index is 15.1. The summed E-state index contributed by atoms with van der Waals surface area (Å²) >= 11 is 0. The fraction of sp³-hybridized carbons (Fsp3) is 0.364. The van der Waals surface area contributed by atoms with Crippen molar-refractivity contribution in [2.24, 2.45) is 0 Å². The summed E-state index contributed by atoms with van der Waals surface area (Å²) in [5, 5.41) is 12.1. The molecule has 2 aromatic carbocycles. The Hall–Kier alpha value is -2.77. The van der Waals surface area contributed by atoms with E-state index in [1.165, 1.54) is 7.11 Å². The van der Waals surface area contributed by atoms with E-state index in [2.05, 4.69) is 15.6 Å². The number of rotatable bonds is 6. The van der Waals surface area contributed by atoms with Crippen LogP contribution in [-0.2, 0) is 16.8 Å². The molecule has 0 aliphatic carbocycles. The van der Waals surface area contributed by atoms with Crippen molar-refractivity contribution in [1.82, 2.24) is 20.3 Å². The molecule has 0 bridgehead atoms. The molecule has 1 aliphatic heterocycles. The lowest BCUT2D eigenvalue weighted by molar-refractivity contribution is 0.0340. The second-order valence-corrected chi connectivity index (χ2v) is 7.31. The lowest BCUT2D eigenvalue weighted by atomic mass is 9.82. The monoisotopic (exact) mass is 396 g/mol. The van der Waals surface area contributed by atoms with Crippen LogP contribution in [0.4, 0.5) is 4.39 Å². The number of aromatic nitrogens is 3. The van der Waals surface area contributed by atoms with Gasteiger partial charge in [0.2, 0.25) is 0 Å². The number of aryl methyl sites for hydroxylation is 1. The molecule has 1 fully saturated rings. The Morgan fingerprint density at radius 3 is 2.72 bits per heavy atom. The third-order valence-electron chi connectivity index (χ3n) is 5.56. The van der Waals surface area contributed by atoms with Crippen molar-refractivity contribution in [3.63, 3.8) is 0 Å². The molecule has 0 radical (unpaired) electrons. The summed E-state index contributed by atoms with van der Waals surface area (Å²) in [6.45, 7) is 3.65. The molecule has 1 aromatic heterocycles. The first-order chi connectivity index (χ1) is 14.1. The number of halogens is 1. The molecule has 1 N–H and O–H groups in total. The van der Waals surface area contributed by atoms with Crippen molar-refractivity contribution in [3.8, 4) is 11.4 Å². The Labute approximate surface area is 169 Å². The molecule has 0 atom stereocenters. The van der Waals surface area contributed by atoms with E-state index in [0.717, 1.165) is 16.9 Å². The van der Waals surface area contributed by atoms with Crippen LogP contribution in [-0.4, -0.2) is 35.3 Å². The summed E-state index contributed by atoms with van der Waals surface area (Å²) in [4.78, 5) is 0. The molecule has 29 heavy (non-hydrogen) atoms. The smallest absolute Gasteiger partial charge is 0.170 e. The van der Waals surface area contributed by atoms with Gasteiger partial charge in [-0.1, -0.05) is 35.5 Å². The first kappa shape index (κ1) is 19.5. The molecule has 152 valence electrons. The van der Waals surface area contributed by atoms with Gasteiger partial charge >= 0.3 is 0 Å². The second kappa shape index (κ2) is 8.31. The molecule has 1 aliphatic rings. The topological polar surface area (TPSA) is 61.2 Å². The lowest BCUT2D eigenvalue weighted by Gasteiger charge is -2.39. The quantitative estimate of drug-likeness (QED) is 0.691. The van der Waals surface area contributed by atoms with Crippen molar-refractivity contribution >= 4 is 0 Å². The molecule has 0 unspecified atom stereocenters. The zero-order valence-electron chi connectivity index (χ0n) is 16.7. The normalized spacial score (nSPS) is 16.0. The first-order valence-electron chi connectivity index (χ1n) is 9.76. The third kappa shape index (κ3) is 3.88. The summed E-state index contributed by atoms with van der Waals surface area (Å²) in [7, 11) is 1.48. The van der Waals surface area contributed by atoms with Gasteiger partial charge in [-0.3, -0.25) is 0 Å². The average Bonchev–Trinajstić information content (AvgIpc) is 3.22. The average molecular weight is 396 g/mol. The Morgan fingerprint density at radius 1 is 1.17 bits per heavy atom. The van der Waals surface area contributed by atoms with E-state index < -0.39 is 5.54 Å². The molecular weight excluding hydrogens is 371 g/mol. The molecule has 0 amide bonds. The first-order valence-corrected chi connectivity index (χ1v) is 9.76. The molecule has 4 rings (SSSR count). The molecule has 1 saturated heterocycles. The van der Waals surface area contributed by atoms with Crippen molar-refractivity contribution in [2.75, 3.05) is 20.3 Å². The highest BCUT2D eigenvalue weighted by Crippen LogP contribution is 2.36. The minimum absolute atomic E-state index is 0.251. The molecule has 2 heterocycles. The molecule has 3 aromatic rings. The van der Waals surface area contributed by atoms with E-state index in [4.69, 9.17) is 9.47 Å². The van der Waals surface area contributed by atoms with Crippen LogP contribution < -0.4 is 10.1 Å². The zero-order valence-corrected chi connectivity index (χ0v) is 16.7. The second-order valence-electron chi connectivity index (χ2n) is 7.31. The molecule has 0 spiro atoms. The number of hydrogen-bond donors (Lipinski definition) is 1. The molecule has 6 nitrogen and oxygen atoms in total. The summed E-state index contributed by atoms with van der Waals surface area (Å²) in [5.41, 5.74) is 2.97. The maximum Gasteiger partial charge on any atom is 0.170 e. The SMILES string of the molecule is COc1cccc(C2(NCc3cn(-c4ccccc4C)nn3)CCOCC2)c1F. The van der Waals surface area contributed by atoms with Crippen molar-refractivity contribution < 1.29 is 13.9 Å². The lowest BCUT2D eigenvalue weighted by Crippen LogP contribution is -2.47. The number of hydrogen-bond acceptors (Lipinski definition) is 5. The minimum Gasteiger partial charge on any atom is -0.494 e. The fourth-order valence-corrected chi connectivity index (χ4v) is 3.88. The summed E-state index contributed by atoms with van der Waals surface area (Å²) in [5.74, 6) is -0.0753. The summed E-state index contributed by atoms with van der Waals surface area (Å²) in [6, 6.07) is 13.3. The third-order valence-corrected chi connectivity index (χ3v) is 5.56. The Bertz CT molecular complexity index is 982. The van der Waals surface area contributed by atoms with Crippen molar-refractivity contribution in [1.29, 1.82) is 0 Å². The van der Waals surface area contributed by atoms with Gasteiger partial charge in [0.15, 0.2) is 11.6 Å². The fourth-order valence-electron chi connectivity index (χ4n) is 3.88. The van der Waals surface area contributed by atoms with Gasteiger partial charge in [-0.25, -0.2) is 9.07 Å². The van der Waals surface area contributed by atoms with Crippen molar-refractivity contribution in [2.45, 2.75) is 31.8 Å². The van der Waals surface area contributed by atoms with Crippen molar-refractivity contribution in [3.05, 3.63) is 71.3 Å². The largest absolute Gasteiger partial charge is 0.494 e. The van der Waals surface area contributed by atoms with Gasteiger partial charge in [-0.05, 0) is 37.5 Å². The predicted molar refractivity (Wildman–Crippen MR) is 108 cm³/mol. The van der Waals surface area contributed by atoms with Crippen LogP contribution in [0.5, 0.6) is 5.75 Å². The van der Waals surface area contributed by atoms with Gasteiger partial charge in [-0.2, -0.15) is 0 Å². The van der Waals surface area contributed by atoms with Gasteiger partial charge in [0, 0.05) is 25.3 Å². The van der Waals surface area contributed by atoms with Crippen LogP contribution in [0.3, 0.4) is 0 Å². The predicted octanol–water partition coefficient (Wildman–Crippen LogP) is 3.52. The Morgan fingerprint density at radius 2 is 1.97 bits per heavy atom. The number of nitrogens with zero attached hydrogens (tertiary/aromatic N) is 3. The highest BCUT2D eigenvalue weighted by Gasteiger charge is 2.37. The van der Waals surface area contributed by atoms with E-state index in [1.807, 2.05) is 49.5 Å². The van der Waals surface area contributed by atoms with Crippen LogP contribution in [0.15, 0.2) is 48.7 Å². The van der Waals surface area contributed by atoms with Crippen LogP contribution in [0.2, 0.25) is 0 Å². The highest BCUT2D eigenvalue weighted by molar-refractivity contribution is 5.39. The Kier molecular flexibility index (Phi) is 5.60. The zero-order chi connectivity index (χ0) is 20.3. The number of nitrogens with one attached hydrogen (secondary N) is 1. The van der Waals surface area contributed by atoms with Crippen LogP contribution in [0.1, 0.15) is 29.7 Å². The minimum atomic E-state index is -0.538. The maximum atomic E-state index is 15.1. The number of methoxy groups -OCH3 is 1. The van der Waals surface area contributed by atoms with Crippen LogP contribution in [0, 0.1) is 12.7 Å². The summed E-state index contributed by atoms with van der Waals surface area (Å²) < 4.78 is 27.6. The Balaban J connectivity index is 1.58. The van der Waals surface area contributed by atoms with Crippen LogP contribution in [0.25, 0.3) is 5.69 Å². The van der Waals surface area contributed by atoms with Gasteiger partial charge < -0.3 is 14.8 Å². The van der Waals surface area contributed by atoms with E-state index in [0.29, 0.717) is 38.2 Å². The highest BCUT2D eigenvalue weighted by atomic mass is 19.1. The van der Waals surface area contributed by atoms with E-state index in [9.17, 15) is 0 Å². The standard InChI is InChI=1S/C22H25FN4O2/c1-16-6-3-4-8-19(16)27-15-17(25-26-27)14-24-22(10-12-29-13-11-22)18-7-5-9-20(28-2)21(18)23/h3-9,15,24H,10-14H2,1-2H3. The number of benzene rings is 2. The number of para-hydroxylation sites is 1. The van der Waals surface area contributed by atoms with Crippen LogP contribution >= 0.6 is 0 Å². The number of ether oxygens (including phenoxy) is 2. The van der Waals surface area contributed by atoms with Gasteiger partial charge in [0.1, 0.15) is 0 Å². The van der Waals surface area contributed by atoms with Gasteiger partial charge in [-0.15, -0.1) is 5.10 Å². The summed E-state index contributed by atoms with van der Waals surface area (Å²) in [6.07, 6.45) is 3.25. The van der Waals surface area contributed by atoms with E-state index in [1.54, 1.807) is 10.7 Å². The van der Waals surface area contributed by atoms with E-state index in [-0.39, 0.29) is 11.6 Å². The molecule has 0 saturated carbocycles. The molecule has 7 heteroatoms. The van der Waals surface area contributed by atoms with Gasteiger partial charge in [0.05, 0.1) is 30.2 Å². The van der Waals surface area contributed by atoms with Gasteiger partial charge in [0.25, 0.3) is 0 Å². The van der Waals surface area contributed by atoms with E-state index >= 15 is 4.39 Å². The molecular formula is C22H25FN4O2.